The molecule has 0 aliphatic heterocycles. The van der Waals surface area contributed by atoms with Crippen molar-refractivity contribution in [3.8, 4) is 0 Å². The van der Waals surface area contributed by atoms with E-state index in [0.29, 0.717) is 11.8 Å². The molecule has 0 saturated heterocycles. The largest absolute Gasteiger partial charge is 0.340 e. The first-order chi connectivity index (χ1) is 12.3. The van der Waals surface area contributed by atoms with Crippen molar-refractivity contribution in [2.24, 2.45) is 0 Å². The van der Waals surface area contributed by atoms with E-state index in [-0.39, 0.29) is 10.8 Å². The van der Waals surface area contributed by atoms with E-state index in [1.54, 1.807) is 17.5 Å². The van der Waals surface area contributed by atoms with Gasteiger partial charge >= 0.3 is 7.60 Å². The number of sulfonamides is 1. The summed E-state index contributed by atoms with van der Waals surface area (Å²) in [4.78, 5) is 18.7. The Morgan fingerprint density at radius 3 is 2.35 bits per heavy atom. The lowest BCUT2D eigenvalue weighted by Gasteiger charge is -2.22. The van der Waals surface area contributed by atoms with Gasteiger partial charge in [-0.05, 0) is 22.8 Å². The van der Waals surface area contributed by atoms with E-state index in [2.05, 4.69) is 0 Å². The minimum Gasteiger partial charge on any atom is -0.324 e. The van der Waals surface area contributed by atoms with Crippen LogP contribution in [0.25, 0.3) is 10.8 Å². The molecule has 0 unspecified atom stereocenters. The van der Waals surface area contributed by atoms with Gasteiger partial charge in [0.05, 0.1) is 0 Å². The molecule has 2 N–H and O–H groups in total. The van der Waals surface area contributed by atoms with Gasteiger partial charge in [-0.25, -0.2) is 8.42 Å². The molecular weight excluding hydrogens is 393 g/mol. The van der Waals surface area contributed by atoms with Gasteiger partial charge in [0.1, 0.15) is 10.5 Å². The molecule has 0 bridgehead atoms. The van der Waals surface area contributed by atoms with Crippen molar-refractivity contribution in [3.63, 3.8) is 0 Å². The molecule has 0 radical (unpaired) electrons. The van der Waals surface area contributed by atoms with Crippen LogP contribution in [0.3, 0.4) is 0 Å². The molecule has 0 atom stereocenters. The van der Waals surface area contributed by atoms with E-state index in [4.69, 9.17) is 0 Å². The van der Waals surface area contributed by atoms with Crippen LogP contribution >= 0.6 is 18.9 Å². The van der Waals surface area contributed by atoms with Crippen LogP contribution in [0, 0.1) is 0 Å². The van der Waals surface area contributed by atoms with Crippen LogP contribution in [0.5, 0.6) is 0 Å². The lowest BCUT2D eigenvalue weighted by Crippen LogP contribution is -2.33. The molecule has 0 aliphatic carbocycles. The standard InChI is InChI=1S/C17H18NO5PS2/c19-24(20,21)13-18(11-10-14-6-2-1-3-7-14)26(22,23)17-16-9-5-4-8-15(16)12-25-17/h1-9,12H,10-11,13H2,(H2,19,20,21). The van der Waals surface area contributed by atoms with Crippen molar-refractivity contribution in [2.75, 3.05) is 12.8 Å². The van der Waals surface area contributed by atoms with Crippen molar-refractivity contribution in [3.05, 3.63) is 65.5 Å². The minimum absolute atomic E-state index is 0.0102. The fraction of sp³-hybridized carbons (Fsp3) is 0.176. The van der Waals surface area contributed by atoms with Gasteiger partial charge in [0.25, 0.3) is 10.0 Å². The number of thiophene rings is 1. The predicted octanol–water partition coefficient (Wildman–Crippen LogP) is 3.27. The fourth-order valence-electron chi connectivity index (χ4n) is 2.65. The molecule has 3 aromatic rings. The van der Waals surface area contributed by atoms with Crippen molar-refractivity contribution < 1.29 is 22.8 Å². The van der Waals surface area contributed by atoms with Crippen molar-refractivity contribution in [1.82, 2.24) is 4.31 Å². The van der Waals surface area contributed by atoms with Crippen LogP contribution in [-0.4, -0.2) is 35.3 Å². The quantitative estimate of drug-likeness (QED) is 0.582. The van der Waals surface area contributed by atoms with E-state index >= 15 is 0 Å². The number of hydrogen-bond donors (Lipinski definition) is 2. The molecule has 9 heteroatoms. The summed E-state index contributed by atoms with van der Waals surface area (Å²) < 4.78 is 38.7. The zero-order chi connectivity index (χ0) is 18.8. The van der Waals surface area contributed by atoms with Crippen LogP contribution < -0.4 is 0 Å². The number of hydrogen-bond acceptors (Lipinski definition) is 4. The Balaban J connectivity index is 1.95. The number of rotatable bonds is 7. The van der Waals surface area contributed by atoms with Gasteiger partial charge in [0, 0.05) is 11.9 Å². The van der Waals surface area contributed by atoms with E-state index in [0.717, 1.165) is 26.6 Å². The molecular formula is C17H18NO5PS2. The fourth-order valence-corrected chi connectivity index (χ4v) is 7.00. The molecule has 0 aliphatic rings. The first kappa shape index (κ1) is 19.2. The summed E-state index contributed by atoms with van der Waals surface area (Å²) in [5.41, 5.74) is 0.898. The Hall–Kier alpha value is -1.54. The molecule has 2 aromatic carbocycles. The second-order valence-corrected chi connectivity index (χ2v) is 10.5. The maximum absolute atomic E-state index is 13.1. The van der Waals surface area contributed by atoms with Gasteiger partial charge in [-0.3, -0.25) is 4.57 Å². The van der Waals surface area contributed by atoms with Gasteiger partial charge in [-0.15, -0.1) is 11.3 Å². The van der Waals surface area contributed by atoms with E-state index in [9.17, 15) is 22.8 Å². The second-order valence-electron chi connectivity index (χ2n) is 5.83. The summed E-state index contributed by atoms with van der Waals surface area (Å²) >= 11 is 1.06. The highest BCUT2D eigenvalue weighted by atomic mass is 32.2. The highest BCUT2D eigenvalue weighted by Gasteiger charge is 2.32. The smallest absolute Gasteiger partial charge is 0.324 e. The minimum atomic E-state index is -4.55. The van der Waals surface area contributed by atoms with Crippen LogP contribution in [0.2, 0.25) is 0 Å². The molecule has 3 rings (SSSR count). The van der Waals surface area contributed by atoms with Crippen LogP contribution in [0.15, 0.2) is 64.2 Å². The molecule has 6 nitrogen and oxygen atoms in total. The Kier molecular flexibility index (Phi) is 5.62. The average molecular weight is 411 g/mol. The zero-order valence-electron chi connectivity index (χ0n) is 13.7. The van der Waals surface area contributed by atoms with Crippen LogP contribution in [0.4, 0.5) is 0 Å². The molecule has 26 heavy (non-hydrogen) atoms. The third kappa shape index (κ3) is 4.40. The summed E-state index contributed by atoms with van der Waals surface area (Å²) in [5.74, 6) is 0. The van der Waals surface area contributed by atoms with E-state index < -0.39 is 23.9 Å². The average Bonchev–Trinajstić information content (AvgIpc) is 3.03. The molecule has 0 spiro atoms. The highest BCUT2D eigenvalue weighted by Crippen LogP contribution is 2.39. The Labute approximate surface area is 155 Å². The summed E-state index contributed by atoms with van der Waals surface area (Å²) in [7, 11) is -8.58. The number of fused-ring (bicyclic) bond motifs is 1. The van der Waals surface area contributed by atoms with Gasteiger partial charge in [0.2, 0.25) is 0 Å². The maximum atomic E-state index is 13.1. The van der Waals surface area contributed by atoms with E-state index in [1.807, 2.05) is 42.5 Å². The number of nitrogens with zero attached hydrogens (tertiary/aromatic N) is 1. The van der Waals surface area contributed by atoms with Gasteiger partial charge in [0.15, 0.2) is 0 Å². The Morgan fingerprint density at radius 2 is 1.65 bits per heavy atom. The maximum Gasteiger partial charge on any atom is 0.340 e. The van der Waals surface area contributed by atoms with Crippen LogP contribution in [0.1, 0.15) is 5.56 Å². The van der Waals surface area contributed by atoms with Gasteiger partial charge in [-0.1, -0.05) is 54.6 Å². The normalized spacial score (nSPS) is 12.7. The zero-order valence-corrected chi connectivity index (χ0v) is 16.3. The predicted molar refractivity (Wildman–Crippen MR) is 103 cm³/mol. The van der Waals surface area contributed by atoms with Crippen molar-refractivity contribution in [1.29, 1.82) is 0 Å². The second kappa shape index (κ2) is 7.60. The Morgan fingerprint density at radius 1 is 1.00 bits per heavy atom. The Bertz CT molecular complexity index is 1040. The first-order valence-electron chi connectivity index (χ1n) is 7.82. The molecule has 1 heterocycles. The summed E-state index contributed by atoms with van der Waals surface area (Å²) in [5, 5.41) is 3.08. The lowest BCUT2D eigenvalue weighted by molar-refractivity contribution is 0.343. The third-order valence-electron chi connectivity index (χ3n) is 3.88. The SMILES string of the molecule is O=P(O)(O)CN(CCc1ccccc1)S(=O)(=O)c1scc2ccccc12. The molecule has 138 valence electrons. The van der Waals surface area contributed by atoms with Gasteiger partial charge in [-0.2, -0.15) is 4.31 Å². The van der Waals surface area contributed by atoms with E-state index in [1.165, 1.54) is 0 Å². The monoisotopic (exact) mass is 411 g/mol. The summed E-state index contributed by atoms with van der Waals surface area (Å²) in [6, 6.07) is 16.3. The third-order valence-corrected chi connectivity index (χ3v) is 8.19. The summed E-state index contributed by atoms with van der Waals surface area (Å²) in [6.45, 7) is -0.0102. The molecule has 0 fully saturated rings. The van der Waals surface area contributed by atoms with Crippen molar-refractivity contribution >= 4 is 39.7 Å². The summed E-state index contributed by atoms with van der Waals surface area (Å²) in [6.07, 6.45) is -0.474. The van der Waals surface area contributed by atoms with Crippen molar-refractivity contribution in [2.45, 2.75) is 10.6 Å². The molecule has 0 saturated carbocycles. The van der Waals surface area contributed by atoms with Crippen LogP contribution in [-0.2, 0) is 21.0 Å². The molecule has 0 amide bonds. The first-order valence-corrected chi connectivity index (χ1v) is 11.9. The lowest BCUT2D eigenvalue weighted by atomic mass is 10.2. The topological polar surface area (TPSA) is 94.9 Å². The van der Waals surface area contributed by atoms with Gasteiger partial charge < -0.3 is 9.79 Å². The number of benzene rings is 2. The highest BCUT2D eigenvalue weighted by molar-refractivity contribution is 7.91. The molecule has 1 aromatic heterocycles.